The molecule has 2 heterocycles. The van der Waals surface area contributed by atoms with Crippen LogP contribution in [-0.4, -0.2) is 69.6 Å². The van der Waals surface area contributed by atoms with E-state index in [2.05, 4.69) is 20.9 Å². The van der Waals surface area contributed by atoms with Crippen molar-refractivity contribution in [3.8, 4) is 0 Å². The molecule has 9 nitrogen and oxygen atoms in total. The number of carbonyl (C=O) groups excluding carboxylic acids is 3. The van der Waals surface area contributed by atoms with Gasteiger partial charge in [0.15, 0.2) is 0 Å². The number of rotatable bonds is 7. The first kappa shape index (κ1) is 26.1. The lowest BCUT2D eigenvalue weighted by atomic mass is 9.99. The molecule has 0 spiro atoms. The Balaban J connectivity index is 1.42. The van der Waals surface area contributed by atoms with Crippen molar-refractivity contribution in [1.82, 2.24) is 10.2 Å². The number of amides is 2. The van der Waals surface area contributed by atoms with Gasteiger partial charge in [0.25, 0.3) is 5.91 Å². The van der Waals surface area contributed by atoms with Crippen molar-refractivity contribution in [2.45, 2.75) is 0 Å². The van der Waals surface area contributed by atoms with Gasteiger partial charge in [-0.3, -0.25) is 14.5 Å². The van der Waals surface area contributed by atoms with Crippen LogP contribution in [0, 0.1) is 0 Å². The molecule has 1 fully saturated rings. The van der Waals surface area contributed by atoms with E-state index in [0.717, 1.165) is 43.1 Å². The number of anilines is 3. The number of esters is 1. The molecule has 0 saturated carbocycles. The maximum absolute atomic E-state index is 13.2. The zero-order chi connectivity index (χ0) is 27.4. The number of hydrogen-bond acceptors (Lipinski definition) is 7. The summed E-state index contributed by atoms with van der Waals surface area (Å²) in [6.45, 7) is 3.89. The third-order valence-electron chi connectivity index (χ3n) is 6.96. The van der Waals surface area contributed by atoms with Crippen molar-refractivity contribution in [3.63, 3.8) is 0 Å². The number of fused-ring (bicyclic) bond motifs is 1. The molecule has 1 saturated heterocycles. The van der Waals surface area contributed by atoms with E-state index in [1.54, 1.807) is 30.1 Å². The zero-order valence-corrected chi connectivity index (χ0v) is 22.0. The van der Waals surface area contributed by atoms with Crippen molar-refractivity contribution in [3.05, 3.63) is 89.5 Å². The average Bonchev–Trinajstić information content (AvgIpc) is 3.31. The molecule has 2 aliphatic rings. The van der Waals surface area contributed by atoms with Crippen molar-refractivity contribution >= 4 is 46.1 Å². The number of ether oxygens (including phenoxy) is 1. The van der Waals surface area contributed by atoms with Crippen LogP contribution >= 0.6 is 0 Å². The second-order valence-electron chi connectivity index (χ2n) is 9.47. The molecule has 0 bridgehead atoms. The van der Waals surface area contributed by atoms with Gasteiger partial charge in [-0.15, -0.1) is 0 Å². The Bertz CT molecular complexity index is 1410. The lowest BCUT2D eigenvalue weighted by Gasteiger charge is -2.28. The fourth-order valence-electron chi connectivity index (χ4n) is 4.77. The van der Waals surface area contributed by atoms with Gasteiger partial charge < -0.3 is 25.6 Å². The van der Waals surface area contributed by atoms with Gasteiger partial charge in [0.1, 0.15) is 0 Å². The second kappa shape index (κ2) is 11.5. The van der Waals surface area contributed by atoms with E-state index in [1.165, 1.54) is 7.11 Å². The smallest absolute Gasteiger partial charge is 0.337 e. The number of carbonyl (C=O) groups is 3. The summed E-state index contributed by atoms with van der Waals surface area (Å²) >= 11 is 0. The van der Waals surface area contributed by atoms with E-state index in [-0.39, 0.29) is 11.8 Å². The number of nitrogens with one attached hydrogen (secondary N) is 3. The molecular weight excluding hydrogens is 494 g/mol. The Morgan fingerprint density at radius 3 is 2.38 bits per heavy atom. The monoisotopic (exact) mass is 525 g/mol. The minimum absolute atomic E-state index is 0.0373. The van der Waals surface area contributed by atoms with E-state index in [1.807, 2.05) is 54.6 Å². The predicted octanol–water partition coefficient (Wildman–Crippen LogP) is 3.27. The summed E-state index contributed by atoms with van der Waals surface area (Å²) in [6.07, 6.45) is 0. The van der Waals surface area contributed by atoms with E-state index in [0.29, 0.717) is 34.6 Å². The molecule has 2 amide bonds. The van der Waals surface area contributed by atoms with Gasteiger partial charge in [0.2, 0.25) is 5.91 Å². The fraction of sp³-hybridized carbons (Fsp3) is 0.233. The minimum Gasteiger partial charge on any atom is -0.465 e. The van der Waals surface area contributed by atoms with E-state index in [4.69, 9.17) is 4.74 Å². The van der Waals surface area contributed by atoms with E-state index >= 15 is 0 Å². The summed E-state index contributed by atoms with van der Waals surface area (Å²) in [5.74, 6) is -0.703. The van der Waals surface area contributed by atoms with Crippen LogP contribution in [0.3, 0.4) is 0 Å². The van der Waals surface area contributed by atoms with Gasteiger partial charge in [-0.25, -0.2) is 4.79 Å². The molecule has 0 radical (unpaired) electrons. The molecule has 0 aliphatic carbocycles. The Labute approximate surface area is 227 Å². The maximum Gasteiger partial charge on any atom is 0.337 e. The van der Waals surface area contributed by atoms with Crippen LogP contribution in [0.2, 0.25) is 0 Å². The SMILES string of the molecule is COC(=O)c1ccc2c(c1)NC(=O)C2=C(Nc1ccc(N(C)C(=O)CN2CCNCC2)cc1)c1ccccc1. The van der Waals surface area contributed by atoms with Crippen LogP contribution in [0.1, 0.15) is 21.5 Å². The lowest BCUT2D eigenvalue weighted by molar-refractivity contribution is -0.119. The van der Waals surface area contributed by atoms with E-state index in [9.17, 15) is 14.4 Å². The molecule has 2 aliphatic heterocycles. The summed E-state index contributed by atoms with van der Waals surface area (Å²) in [6, 6.07) is 22.2. The molecule has 3 aromatic carbocycles. The van der Waals surface area contributed by atoms with E-state index < -0.39 is 5.97 Å². The number of piperazine rings is 1. The number of likely N-dealkylation sites (N-methyl/N-ethyl adjacent to an activating group) is 1. The Morgan fingerprint density at radius 2 is 1.69 bits per heavy atom. The summed E-state index contributed by atoms with van der Waals surface area (Å²) in [4.78, 5) is 41.9. The standard InChI is InChI=1S/C30H31N5O4/c1-34(26(36)19-35-16-14-31-15-17-35)23-11-9-22(10-12-23)32-28(20-6-4-3-5-7-20)27-24-13-8-21(30(38)39-2)18-25(24)33-29(27)37/h3-13,18,31-32H,14-17,19H2,1-2H3,(H,33,37). The number of nitrogens with zero attached hydrogens (tertiary/aromatic N) is 2. The van der Waals surface area contributed by atoms with Crippen molar-refractivity contribution in [2.75, 3.05) is 62.4 Å². The fourth-order valence-corrected chi connectivity index (χ4v) is 4.77. The first-order chi connectivity index (χ1) is 18.9. The van der Waals surface area contributed by atoms with Crippen molar-refractivity contribution in [1.29, 1.82) is 0 Å². The molecule has 0 unspecified atom stereocenters. The van der Waals surface area contributed by atoms with Gasteiger partial charge >= 0.3 is 5.97 Å². The van der Waals surface area contributed by atoms with Crippen LogP contribution in [0.5, 0.6) is 0 Å². The third kappa shape index (κ3) is 5.69. The molecule has 39 heavy (non-hydrogen) atoms. The van der Waals surface area contributed by atoms with Crippen molar-refractivity contribution < 1.29 is 19.1 Å². The zero-order valence-electron chi connectivity index (χ0n) is 22.0. The summed E-state index contributed by atoms with van der Waals surface area (Å²) in [5, 5.41) is 9.60. The molecule has 3 N–H and O–H groups in total. The average molecular weight is 526 g/mol. The van der Waals surface area contributed by atoms with Gasteiger partial charge in [0, 0.05) is 50.2 Å². The predicted molar refractivity (Wildman–Crippen MR) is 152 cm³/mol. The largest absolute Gasteiger partial charge is 0.465 e. The highest BCUT2D eigenvalue weighted by Gasteiger charge is 2.29. The number of methoxy groups -OCH3 is 1. The molecule has 0 atom stereocenters. The van der Waals surface area contributed by atoms with Crippen molar-refractivity contribution in [2.24, 2.45) is 0 Å². The van der Waals surface area contributed by atoms with Crippen LogP contribution in [0.25, 0.3) is 11.3 Å². The highest BCUT2D eigenvalue weighted by molar-refractivity contribution is 6.37. The molecule has 3 aromatic rings. The first-order valence-corrected chi connectivity index (χ1v) is 12.8. The summed E-state index contributed by atoms with van der Waals surface area (Å²) in [7, 11) is 3.11. The summed E-state index contributed by atoms with van der Waals surface area (Å²) in [5.41, 5.74) is 5.09. The number of hydrogen-bond donors (Lipinski definition) is 3. The normalized spacial score (nSPS) is 16.2. The molecule has 0 aromatic heterocycles. The van der Waals surface area contributed by atoms with Crippen LogP contribution < -0.4 is 20.9 Å². The molecule has 5 rings (SSSR count). The molecule has 200 valence electrons. The quantitative estimate of drug-likeness (QED) is 0.321. The van der Waals surface area contributed by atoms with Crippen LogP contribution in [0.4, 0.5) is 17.1 Å². The lowest BCUT2D eigenvalue weighted by Crippen LogP contribution is -2.47. The second-order valence-corrected chi connectivity index (χ2v) is 9.47. The Kier molecular flexibility index (Phi) is 7.72. The highest BCUT2D eigenvalue weighted by Crippen LogP contribution is 2.38. The summed E-state index contributed by atoms with van der Waals surface area (Å²) < 4.78 is 4.82. The molecule has 9 heteroatoms. The Morgan fingerprint density at radius 1 is 0.974 bits per heavy atom. The first-order valence-electron chi connectivity index (χ1n) is 12.8. The van der Waals surface area contributed by atoms with Gasteiger partial charge in [-0.2, -0.15) is 0 Å². The maximum atomic E-state index is 13.2. The van der Waals surface area contributed by atoms with Gasteiger partial charge in [-0.05, 0) is 42.0 Å². The topological polar surface area (TPSA) is 103 Å². The van der Waals surface area contributed by atoms with Crippen LogP contribution in [-0.2, 0) is 14.3 Å². The van der Waals surface area contributed by atoms with Crippen LogP contribution in [0.15, 0.2) is 72.8 Å². The van der Waals surface area contributed by atoms with Gasteiger partial charge in [0.05, 0.1) is 36.2 Å². The third-order valence-corrected chi connectivity index (χ3v) is 6.96. The highest BCUT2D eigenvalue weighted by atomic mass is 16.5. The van der Waals surface area contributed by atoms with Gasteiger partial charge in [-0.1, -0.05) is 36.4 Å². The Hall–Kier alpha value is -4.47. The number of benzene rings is 3. The molecular formula is C30H31N5O4. The minimum atomic E-state index is -0.470.